The summed E-state index contributed by atoms with van der Waals surface area (Å²) in [6.07, 6.45) is 1.77. The first-order chi connectivity index (χ1) is 12.8. The van der Waals surface area contributed by atoms with Crippen molar-refractivity contribution in [1.29, 1.82) is 5.26 Å². The highest BCUT2D eigenvalue weighted by molar-refractivity contribution is 5.31. The Morgan fingerprint density at radius 2 is 1.81 bits per heavy atom. The van der Waals surface area contributed by atoms with Crippen LogP contribution < -0.4 is 0 Å². The van der Waals surface area contributed by atoms with Gasteiger partial charge in [-0.05, 0) is 23.3 Å². The molecule has 1 aliphatic rings. The number of nitriles is 1. The summed E-state index contributed by atoms with van der Waals surface area (Å²) in [5, 5.41) is 17.4. The van der Waals surface area contributed by atoms with Crippen molar-refractivity contribution in [3.8, 4) is 6.07 Å². The molecule has 0 radical (unpaired) electrons. The van der Waals surface area contributed by atoms with E-state index >= 15 is 0 Å². The van der Waals surface area contributed by atoms with Crippen LogP contribution in [0.2, 0.25) is 0 Å². The average Bonchev–Trinajstić information content (AvgIpc) is 3.32. The predicted octanol–water partition coefficient (Wildman–Crippen LogP) is 2.73. The lowest BCUT2D eigenvalue weighted by Crippen LogP contribution is -2.23. The molecule has 1 aliphatic heterocycles. The maximum atomic E-state index is 8.88. The molecule has 6 nitrogen and oxygen atoms in total. The maximum Gasteiger partial charge on any atom is 0.157 e. The summed E-state index contributed by atoms with van der Waals surface area (Å²) in [5.41, 5.74) is 3.82. The van der Waals surface area contributed by atoms with Gasteiger partial charge in [-0.3, -0.25) is 4.90 Å². The zero-order valence-electron chi connectivity index (χ0n) is 14.3. The van der Waals surface area contributed by atoms with E-state index in [-0.39, 0.29) is 6.23 Å². The zero-order chi connectivity index (χ0) is 17.8. The molecule has 6 heteroatoms. The van der Waals surface area contributed by atoms with Gasteiger partial charge in [-0.1, -0.05) is 47.7 Å². The van der Waals surface area contributed by atoms with Crippen LogP contribution in [0.4, 0.5) is 0 Å². The van der Waals surface area contributed by atoms with Gasteiger partial charge < -0.3 is 4.74 Å². The standard InChI is InChI=1S/C20H19N5O/c21-12-16-6-8-18(9-7-16)14-25-15-19(22-23-25)20-24(10-11-26-20)13-17-4-2-1-3-5-17/h1-9,15,20H,10-11,13-14H2/t20-/m1/s1. The summed E-state index contributed by atoms with van der Waals surface area (Å²) in [5.74, 6) is 0. The molecule has 130 valence electrons. The van der Waals surface area contributed by atoms with E-state index in [0.717, 1.165) is 24.3 Å². The van der Waals surface area contributed by atoms with Crippen LogP contribution in [0, 0.1) is 11.3 Å². The molecule has 2 heterocycles. The van der Waals surface area contributed by atoms with Crippen molar-refractivity contribution in [3.63, 3.8) is 0 Å². The molecule has 1 fully saturated rings. The van der Waals surface area contributed by atoms with E-state index in [9.17, 15) is 0 Å². The van der Waals surface area contributed by atoms with E-state index in [1.807, 2.05) is 36.5 Å². The van der Waals surface area contributed by atoms with Crippen molar-refractivity contribution in [2.24, 2.45) is 0 Å². The minimum absolute atomic E-state index is 0.162. The second kappa shape index (κ2) is 7.48. The summed E-state index contributed by atoms with van der Waals surface area (Å²) >= 11 is 0. The largest absolute Gasteiger partial charge is 0.356 e. The van der Waals surface area contributed by atoms with E-state index in [0.29, 0.717) is 18.7 Å². The van der Waals surface area contributed by atoms with Crippen molar-refractivity contribution in [2.75, 3.05) is 13.2 Å². The number of hydrogen-bond donors (Lipinski definition) is 0. The lowest BCUT2D eigenvalue weighted by Gasteiger charge is -2.20. The van der Waals surface area contributed by atoms with Crippen LogP contribution in [-0.2, 0) is 17.8 Å². The first-order valence-corrected chi connectivity index (χ1v) is 8.60. The van der Waals surface area contributed by atoms with Crippen LogP contribution in [-0.4, -0.2) is 33.0 Å². The fourth-order valence-corrected chi connectivity index (χ4v) is 3.13. The summed E-state index contributed by atoms with van der Waals surface area (Å²) in [6.45, 7) is 3.01. The van der Waals surface area contributed by atoms with E-state index in [4.69, 9.17) is 10.00 Å². The average molecular weight is 345 g/mol. The van der Waals surface area contributed by atoms with Crippen molar-refractivity contribution in [1.82, 2.24) is 19.9 Å². The summed E-state index contributed by atoms with van der Waals surface area (Å²) in [6, 6.07) is 20.0. The predicted molar refractivity (Wildman–Crippen MR) is 95.8 cm³/mol. The molecule has 3 aromatic rings. The molecule has 0 N–H and O–H groups in total. The first kappa shape index (κ1) is 16.5. The SMILES string of the molecule is N#Cc1ccc(Cn2cc([C@H]3OCCN3Cc3ccccc3)nn2)cc1. The highest BCUT2D eigenvalue weighted by Crippen LogP contribution is 2.26. The topological polar surface area (TPSA) is 67.0 Å². The third-order valence-corrected chi connectivity index (χ3v) is 4.45. The molecule has 1 aromatic heterocycles. The number of nitrogens with zero attached hydrogens (tertiary/aromatic N) is 5. The summed E-state index contributed by atoms with van der Waals surface area (Å²) in [4.78, 5) is 2.27. The lowest BCUT2D eigenvalue weighted by atomic mass is 10.1. The van der Waals surface area contributed by atoms with E-state index < -0.39 is 0 Å². The molecule has 0 aliphatic carbocycles. The maximum absolute atomic E-state index is 8.88. The van der Waals surface area contributed by atoms with Crippen LogP contribution in [0.25, 0.3) is 0 Å². The van der Waals surface area contributed by atoms with Gasteiger partial charge in [-0.15, -0.1) is 5.10 Å². The smallest absolute Gasteiger partial charge is 0.157 e. The van der Waals surface area contributed by atoms with Crippen molar-refractivity contribution >= 4 is 0 Å². The fourth-order valence-electron chi connectivity index (χ4n) is 3.13. The summed E-state index contributed by atoms with van der Waals surface area (Å²) in [7, 11) is 0. The Bertz CT molecular complexity index is 898. The van der Waals surface area contributed by atoms with Crippen molar-refractivity contribution < 1.29 is 4.74 Å². The Labute approximate surface area is 152 Å². The molecule has 0 amide bonds. The van der Waals surface area contributed by atoms with Crippen LogP contribution >= 0.6 is 0 Å². The monoisotopic (exact) mass is 345 g/mol. The zero-order valence-corrected chi connectivity index (χ0v) is 14.3. The molecular weight excluding hydrogens is 326 g/mol. The van der Waals surface area contributed by atoms with E-state index in [1.54, 1.807) is 4.68 Å². The molecule has 1 atom stereocenters. The van der Waals surface area contributed by atoms with E-state index in [2.05, 4.69) is 45.5 Å². The number of hydrogen-bond acceptors (Lipinski definition) is 5. The normalized spacial score (nSPS) is 17.3. The molecule has 0 spiro atoms. The highest BCUT2D eigenvalue weighted by Gasteiger charge is 2.29. The van der Waals surface area contributed by atoms with Crippen LogP contribution in [0.3, 0.4) is 0 Å². The number of aromatic nitrogens is 3. The molecule has 0 unspecified atom stereocenters. The third kappa shape index (κ3) is 3.64. The minimum Gasteiger partial charge on any atom is -0.356 e. The van der Waals surface area contributed by atoms with Crippen LogP contribution in [0.1, 0.15) is 28.6 Å². The molecule has 1 saturated heterocycles. The Kier molecular flexibility index (Phi) is 4.73. The van der Waals surface area contributed by atoms with Gasteiger partial charge in [0, 0.05) is 13.1 Å². The second-order valence-electron chi connectivity index (χ2n) is 6.33. The Balaban J connectivity index is 1.45. The third-order valence-electron chi connectivity index (χ3n) is 4.45. The lowest BCUT2D eigenvalue weighted by molar-refractivity contribution is 0.0252. The van der Waals surface area contributed by atoms with Gasteiger partial charge in [-0.25, -0.2) is 4.68 Å². The van der Waals surface area contributed by atoms with Crippen molar-refractivity contribution in [3.05, 3.63) is 83.2 Å². The Hall–Kier alpha value is -3.01. The quantitative estimate of drug-likeness (QED) is 0.711. The fraction of sp³-hybridized carbons (Fsp3) is 0.250. The van der Waals surface area contributed by atoms with Crippen LogP contribution in [0.15, 0.2) is 60.8 Å². The molecule has 0 bridgehead atoms. The van der Waals surface area contributed by atoms with Gasteiger partial charge in [0.1, 0.15) is 5.69 Å². The minimum atomic E-state index is -0.162. The van der Waals surface area contributed by atoms with Gasteiger partial charge in [-0.2, -0.15) is 5.26 Å². The van der Waals surface area contributed by atoms with Crippen molar-refractivity contribution in [2.45, 2.75) is 19.3 Å². The number of rotatable bonds is 5. The highest BCUT2D eigenvalue weighted by atomic mass is 16.5. The second-order valence-corrected chi connectivity index (χ2v) is 6.33. The van der Waals surface area contributed by atoms with Gasteiger partial charge in [0.05, 0.1) is 31.0 Å². The molecule has 0 saturated carbocycles. The molecular formula is C20H19N5O. The van der Waals surface area contributed by atoms with Gasteiger partial charge >= 0.3 is 0 Å². The van der Waals surface area contributed by atoms with Gasteiger partial charge in [0.15, 0.2) is 6.23 Å². The summed E-state index contributed by atoms with van der Waals surface area (Å²) < 4.78 is 7.70. The van der Waals surface area contributed by atoms with E-state index in [1.165, 1.54) is 5.56 Å². The number of benzene rings is 2. The van der Waals surface area contributed by atoms with Gasteiger partial charge in [0.2, 0.25) is 0 Å². The molecule has 26 heavy (non-hydrogen) atoms. The Morgan fingerprint density at radius 1 is 1.04 bits per heavy atom. The first-order valence-electron chi connectivity index (χ1n) is 8.60. The molecule has 4 rings (SSSR count). The molecule has 2 aromatic carbocycles. The van der Waals surface area contributed by atoms with Crippen LogP contribution in [0.5, 0.6) is 0 Å². The van der Waals surface area contributed by atoms with Gasteiger partial charge in [0.25, 0.3) is 0 Å². The number of ether oxygens (including phenoxy) is 1. The Morgan fingerprint density at radius 3 is 2.58 bits per heavy atom.